The van der Waals surface area contributed by atoms with Crippen molar-refractivity contribution in [3.63, 3.8) is 0 Å². The van der Waals surface area contributed by atoms with E-state index in [0.717, 1.165) is 0 Å². The molecule has 0 saturated heterocycles. The van der Waals surface area contributed by atoms with Gasteiger partial charge in [-0.2, -0.15) is 0 Å². The van der Waals surface area contributed by atoms with E-state index >= 15 is 0 Å². The molecule has 0 rings (SSSR count). The average Bonchev–Trinajstić information content (AvgIpc) is 2.03. The van der Waals surface area contributed by atoms with Crippen molar-refractivity contribution in [3.05, 3.63) is 12.3 Å². The zero-order valence-corrected chi connectivity index (χ0v) is 8.11. The second-order valence-corrected chi connectivity index (χ2v) is 3.17. The summed E-state index contributed by atoms with van der Waals surface area (Å²) in [6.07, 6.45) is 5.26. The molecule has 0 spiro atoms. The highest BCUT2D eigenvalue weighted by Crippen LogP contribution is 2.13. The van der Waals surface area contributed by atoms with E-state index in [1.165, 1.54) is 31.4 Å². The van der Waals surface area contributed by atoms with Crippen molar-refractivity contribution < 1.29 is 0 Å². The SMILES string of the molecule is C=C(NC)C(C)CCCCC. The summed E-state index contributed by atoms with van der Waals surface area (Å²) in [6, 6.07) is 0. The van der Waals surface area contributed by atoms with Gasteiger partial charge in [0.2, 0.25) is 0 Å². The Balaban J connectivity index is 3.36. The summed E-state index contributed by atoms with van der Waals surface area (Å²) < 4.78 is 0. The summed E-state index contributed by atoms with van der Waals surface area (Å²) in [5, 5.41) is 3.10. The third-order valence-electron chi connectivity index (χ3n) is 2.16. The Hall–Kier alpha value is -0.460. The van der Waals surface area contributed by atoms with Crippen molar-refractivity contribution in [2.24, 2.45) is 5.92 Å². The van der Waals surface area contributed by atoms with Crippen molar-refractivity contribution in [1.82, 2.24) is 5.32 Å². The molecule has 66 valence electrons. The third kappa shape index (κ3) is 4.88. The van der Waals surface area contributed by atoms with Crippen LogP contribution in [0.2, 0.25) is 0 Å². The summed E-state index contributed by atoms with van der Waals surface area (Å²) in [6.45, 7) is 8.41. The zero-order valence-electron chi connectivity index (χ0n) is 8.11. The fraction of sp³-hybridized carbons (Fsp3) is 0.800. The van der Waals surface area contributed by atoms with Crippen LogP contribution in [0.4, 0.5) is 0 Å². The molecule has 0 radical (unpaired) electrons. The Bertz CT molecular complexity index is 107. The van der Waals surface area contributed by atoms with Gasteiger partial charge in [0.1, 0.15) is 0 Å². The number of hydrogen-bond acceptors (Lipinski definition) is 1. The highest BCUT2D eigenvalue weighted by atomic mass is 14.8. The molecule has 1 unspecified atom stereocenters. The van der Waals surface area contributed by atoms with E-state index in [2.05, 4.69) is 25.7 Å². The predicted molar refractivity (Wildman–Crippen MR) is 51.5 cm³/mol. The highest BCUT2D eigenvalue weighted by molar-refractivity contribution is 4.94. The number of nitrogens with one attached hydrogen (secondary N) is 1. The average molecular weight is 155 g/mol. The molecule has 1 heteroatoms. The second-order valence-electron chi connectivity index (χ2n) is 3.17. The van der Waals surface area contributed by atoms with E-state index in [4.69, 9.17) is 0 Å². The first kappa shape index (κ1) is 10.5. The number of rotatable bonds is 6. The predicted octanol–water partition coefficient (Wildman–Crippen LogP) is 2.94. The molecule has 0 aliphatic carbocycles. The van der Waals surface area contributed by atoms with Crippen molar-refractivity contribution in [1.29, 1.82) is 0 Å². The molecule has 0 saturated carbocycles. The van der Waals surface area contributed by atoms with Gasteiger partial charge >= 0.3 is 0 Å². The summed E-state index contributed by atoms with van der Waals surface area (Å²) in [4.78, 5) is 0. The van der Waals surface area contributed by atoms with Crippen molar-refractivity contribution in [3.8, 4) is 0 Å². The number of allylic oxidation sites excluding steroid dienone is 1. The van der Waals surface area contributed by atoms with Crippen molar-refractivity contribution in [2.45, 2.75) is 39.5 Å². The van der Waals surface area contributed by atoms with Crippen LogP contribution in [-0.2, 0) is 0 Å². The molecule has 0 aromatic rings. The normalized spacial score (nSPS) is 12.6. The van der Waals surface area contributed by atoms with E-state index in [-0.39, 0.29) is 0 Å². The lowest BCUT2D eigenvalue weighted by Gasteiger charge is -2.13. The highest BCUT2D eigenvalue weighted by Gasteiger charge is 2.03. The second kappa shape index (κ2) is 6.26. The fourth-order valence-corrected chi connectivity index (χ4v) is 1.12. The minimum absolute atomic E-state index is 0.631. The monoisotopic (exact) mass is 155 g/mol. The van der Waals surface area contributed by atoms with Crippen LogP contribution in [0.1, 0.15) is 39.5 Å². The van der Waals surface area contributed by atoms with Crippen LogP contribution in [0.5, 0.6) is 0 Å². The van der Waals surface area contributed by atoms with E-state index < -0.39 is 0 Å². The number of unbranched alkanes of at least 4 members (excludes halogenated alkanes) is 2. The summed E-state index contributed by atoms with van der Waals surface area (Å²) in [5.74, 6) is 0.631. The third-order valence-corrected chi connectivity index (χ3v) is 2.16. The Morgan fingerprint density at radius 2 is 2.09 bits per heavy atom. The lowest BCUT2D eigenvalue weighted by Crippen LogP contribution is -2.12. The lowest BCUT2D eigenvalue weighted by atomic mass is 10.0. The van der Waals surface area contributed by atoms with Crippen LogP contribution in [0.25, 0.3) is 0 Å². The molecular formula is C10H21N. The minimum atomic E-state index is 0.631. The molecule has 0 aromatic carbocycles. The first-order valence-corrected chi connectivity index (χ1v) is 4.58. The zero-order chi connectivity index (χ0) is 8.69. The molecular weight excluding hydrogens is 134 g/mol. The smallest absolute Gasteiger partial charge is 0.00597 e. The standard InChI is InChI=1S/C10H21N/c1-5-6-7-8-9(2)10(3)11-4/h9,11H,3,5-8H2,1-2,4H3. The van der Waals surface area contributed by atoms with Crippen LogP contribution in [-0.4, -0.2) is 7.05 Å². The maximum absolute atomic E-state index is 3.94. The Morgan fingerprint density at radius 3 is 2.55 bits per heavy atom. The quantitative estimate of drug-likeness (QED) is 0.581. The van der Waals surface area contributed by atoms with Gasteiger partial charge in [0.05, 0.1) is 0 Å². The van der Waals surface area contributed by atoms with Crippen LogP contribution >= 0.6 is 0 Å². The molecule has 0 amide bonds. The maximum Gasteiger partial charge on any atom is 0.00597 e. The molecule has 0 aliphatic heterocycles. The molecule has 0 bridgehead atoms. The molecule has 1 nitrogen and oxygen atoms in total. The van der Waals surface area contributed by atoms with E-state index in [1.54, 1.807) is 0 Å². The molecule has 11 heavy (non-hydrogen) atoms. The minimum Gasteiger partial charge on any atom is -0.392 e. The van der Waals surface area contributed by atoms with Gasteiger partial charge in [-0.25, -0.2) is 0 Å². The largest absolute Gasteiger partial charge is 0.392 e. The summed E-state index contributed by atoms with van der Waals surface area (Å²) in [7, 11) is 1.94. The molecule has 0 aromatic heterocycles. The van der Waals surface area contributed by atoms with Gasteiger partial charge < -0.3 is 5.32 Å². The first-order valence-electron chi connectivity index (χ1n) is 4.58. The van der Waals surface area contributed by atoms with Gasteiger partial charge in [-0.3, -0.25) is 0 Å². The van der Waals surface area contributed by atoms with Gasteiger partial charge in [0.25, 0.3) is 0 Å². The van der Waals surface area contributed by atoms with Gasteiger partial charge in [-0.1, -0.05) is 39.7 Å². The van der Waals surface area contributed by atoms with Crippen molar-refractivity contribution in [2.75, 3.05) is 7.05 Å². The number of hydrogen-bond donors (Lipinski definition) is 1. The van der Waals surface area contributed by atoms with Crippen LogP contribution in [0.15, 0.2) is 12.3 Å². The Kier molecular flexibility index (Phi) is 6.00. The lowest BCUT2D eigenvalue weighted by molar-refractivity contribution is 0.534. The Labute approximate surface area is 70.9 Å². The van der Waals surface area contributed by atoms with Crippen LogP contribution in [0.3, 0.4) is 0 Å². The van der Waals surface area contributed by atoms with Gasteiger partial charge in [-0.05, 0) is 12.3 Å². The summed E-state index contributed by atoms with van der Waals surface area (Å²) in [5.41, 5.74) is 1.17. The molecule has 0 heterocycles. The maximum atomic E-state index is 3.94. The van der Waals surface area contributed by atoms with E-state index in [0.29, 0.717) is 5.92 Å². The van der Waals surface area contributed by atoms with Crippen molar-refractivity contribution >= 4 is 0 Å². The molecule has 0 aliphatic rings. The van der Waals surface area contributed by atoms with E-state index in [9.17, 15) is 0 Å². The Morgan fingerprint density at radius 1 is 1.45 bits per heavy atom. The first-order chi connectivity index (χ1) is 5.22. The van der Waals surface area contributed by atoms with Crippen LogP contribution in [0, 0.1) is 5.92 Å². The van der Waals surface area contributed by atoms with E-state index in [1.807, 2.05) is 7.05 Å². The molecule has 1 atom stereocenters. The molecule has 0 fully saturated rings. The summed E-state index contributed by atoms with van der Waals surface area (Å²) >= 11 is 0. The van der Waals surface area contributed by atoms with Gasteiger partial charge in [0.15, 0.2) is 0 Å². The van der Waals surface area contributed by atoms with Crippen LogP contribution < -0.4 is 5.32 Å². The molecule has 1 N–H and O–H groups in total. The van der Waals surface area contributed by atoms with Gasteiger partial charge in [-0.15, -0.1) is 0 Å². The van der Waals surface area contributed by atoms with Gasteiger partial charge in [0, 0.05) is 12.7 Å². The fourth-order valence-electron chi connectivity index (χ4n) is 1.12. The topological polar surface area (TPSA) is 12.0 Å².